The minimum Gasteiger partial charge on any atom is -0.476 e. The highest BCUT2D eigenvalue weighted by molar-refractivity contribution is 5.93. The fourth-order valence-corrected chi connectivity index (χ4v) is 2.11. The smallest absolute Gasteiger partial charge is 0.248 e. The van der Waals surface area contributed by atoms with Gasteiger partial charge in [0.15, 0.2) is 0 Å². The quantitative estimate of drug-likeness (QED) is 0.835. The van der Waals surface area contributed by atoms with E-state index in [-0.39, 0.29) is 0 Å². The van der Waals surface area contributed by atoms with Crippen LogP contribution in [0.25, 0.3) is 0 Å². The van der Waals surface area contributed by atoms with Gasteiger partial charge in [-0.05, 0) is 32.4 Å². The fraction of sp³-hybridized carbons (Fsp3) is 0.538. The van der Waals surface area contributed by atoms with Gasteiger partial charge in [-0.25, -0.2) is 4.98 Å². The maximum absolute atomic E-state index is 11.1. The van der Waals surface area contributed by atoms with E-state index in [1.54, 1.807) is 12.1 Å². The van der Waals surface area contributed by atoms with Gasteiger partial charge in [0, 0.05) is 23.4 Å². The molecular formula is C13H19N3O2. The number of nitrogens with one attached hydrogen (secondary N) is 1. The van der Waals surface area contributed by atoms with E-state index in [9.17, 15) is 4.79 Å². The number of pyridine rings is 1. The van der Waals surface area contributed by atoms with Crippen molar-refractivity contribution < 1.29 is 9.53 Å². The van der Waals surface area contributed by atoms with Gasteiger partial charge in [0.05, 0.1) is 0 Å². The second-order valence-corrected chi connectivity index (χ2v) is 4.66. The maximum atomic E-state index is 11.1. The molecule has 1 atom stereocenters. The Morgan fingerprint density at radius 1 is 1.56 bits per heavy atom. The number of ether oxygens (including phenoxy) is 1. The van der Waals surface area contributed by atoms with Gasteiger partial charge in [0.2, 0.25) is 11.8 Å². The van der Waals surface area contributed by atoms with Crippen LogP contribution in [0.5, 0.6) is 5.88 Å². The molecule has 0 radical (unpaired) electrons. The highest BCUT2D eigenvalue weighted by Crippen LogP contribution is 2.14. The van der Waals surface area contributed by atoms with E-state index in [1.807, 2.05) is 6.92 Å². The first kappa shape index (κ1) is 12.8. The van der Waals surface area contributed by atoms with Gasteiger partial charge in [-0.3, -0.25) is 4.79 Å². The van der Waals surface area contributed by atoms with Crippen molar-refractivity contribution in [2.45, 2.75) is 32.2 Å². The molecule has 1 aliphatic heterocycles. The molecule has 0 saturated carbocycles. The van der Waals surface area contributed by atoms with Crippen LogP contribution >= 0.6 is 0 Å². The average molecular weight is 249 g/mol. The number of hydrogen-bond donors (Lipinski definition) is 2. The summed E-state index contributed by atoms with van der Waals surface area (Å²) in [5.41, 5.74) is 6.43. The number of nitrogens with zero attached hydrogens (tertiary/aromatic N) is 1. The Morgan fingerprint density at radius 2 is 2.39 bits per heavy atom. The number of aryl methyl sites for hydroxylation is 1. The van der Waals surface area contributed by atoms with Gasteiger partial charge in [0.1, 0.15) is 6.61 Å². The Bertz CT molecular complexity index is 428. The van der Waals surface area contributed by atoms with Crippen molar-refractivity contribution in [3.05, 3.63) is 23.4 Å². The molecule has 1 fully saturated rings. The molecule has 0 aromatic carbocycles. The number of primary amides is 1. The molecule has 1 aromatic heterocycles. The van der Waals surface area contributed by atoms with Crippen molar-refractivity contribution in [1.29, 1.82) is 0 Å². The number of hydrogen-bond acceptors (Lipinski definition) is 4. The lowest BCUT2D eigenvalue weighted by Crippen LogP contribution is -2.38. The van der Waals surface area contributed by atoms with Crippen LogP contribution in [0.4, 0.5) is 0 Å². The number of carbonyl (C=O) groups excluding carboxylic acids is 1. The third kappa shape index (κ3) is 3.43. The number of amides is 1. The molecule has 5 heteroatoms. The van der Waals surface area contributed by atoms with E-state index in [1.165, 1.54) is 12.8 Å². The molecule has 1 aromatic rings. The summed E-state index contributed by atoms with van der Waals surface area (Å²) >= 11 is 0. The molecule has 2 rings (SSSR count). The Kier molecular flexibility index (Phi) is 4.15. The number of nitrogens with two attached hydrogens (primary N) is 1. The van der Waals surface area contributed by atoms with Crippen LogP contribution in [0, 0.1) is 6.92 Å². The summed E-state index contributed by atoms with van der Waals surface area (Å²) in [6, 6.07) is 3.63. The van der Waals surface area contributed by atoms with Crippen molar-refractivity contribution in [2.75, 3.05) is 13.2 Å². The highest BCUT2D eigenvalue weighted by atomic mass is 16.5. The van der Waals surface area contributed by atoms with Gasteiger partial charge in [-0.1, -0.05) is 6.42 Å². The van der Waals surface area contributed by atoms with Crippen LogP contribution in [-0.4, -0.2) is 30.1 Å². The van der Waals surface area contributed by atoms with Gasteiger partial charge in [-0.15, -0.1) is 0 Å². The van der Waals surface area contributed by atoms with E-state index in [0.29, 0.717) is 24.1 Å². The van der Waals surface area contributed by atoms with Crippen LogP contribution in [0.1, 0.15) is 35.3 Å². The van der Waals surface area contributed by atoms with Crippen molar-refractivity contribution in [2.24, 2.45) is 5.73 Å². The van der Waals surface area contributed by atoms with Crippen molar-refractivity contribution in [3.63, 3.8) is 0 Å². The van der Waals surface area contributed by atoms with Crippen LogP contribution in [0.3, 0.4) is 0 Å². The predicted molar refractivity (Wildman–Crippen MR) is 68.6 cm³/mol. The van der Waals surface area contributed by atoms with E-state index in [0.717, 1.165) is 18.7 Å². The number of rotatable bonds is 4. The van der Waals surface area contributed by atoms with Crippen molar-refractivity contribution in [3.8, 4) is 5.88 Å². The lowest BCUT2D eigenvalue weighted by atomic mass is 10.1. The first-order valence-electron chi connectivity index (χ1n) is 6.30. The zero-order chi connectivity index (χ0) is 13.0. The van der Waals surface area contributed by atoms with E-state index < -0.39 is 5.91 Å². The Balaban J connectivity index is 1.97. The normalized spacial score (nSPS) is 19.5. The van der Waals surface area contributed by atoms with Crippen molar-refractivity contribution in [1.82, 2.24) is 10.3 Å². The van der Waals surface area contributed by atoms with Crippen LogP contribution in [0.2, 0.25) is 0 Å². The molecule has 18 heavy (non-hydrogen) atoms. The molecule has 1 aliphatic rings. The summed E-state index contributed by atoms with van der Waals surface area (Å²) < 4.78 is 5.64. The Hall–Kier alpha value is -1.62. The molecule has 1 amide bonds. The van der Waals surface area contributed by atoms with E-state index in [4.69, 9.17) is 10.5 Å². The van der Waals surface area contributed by atoms with Gasteiger partial charge in [0.25, 0.3) is 0 Å². The number of piperidine rings is 1. The zero-order valence-corrected chi connectivity index (χ0v) is 10.6. The number of aromatic nitrogens is 1. The first-order valence-corrected chi connectivity index (χ1v) is 6.30. The average Bonchev–Trinajstić information content (AvgIpc) is 2.37. The molecule has 5 nitrogen and oxygen atoms in total. The van der Waals surface area contributed by atoms with Crippen molar-refractivity contribution >= 4 is 5.91 Å². The molecule has 0 bridgehead atoms. The standard InChI is InChI=1S/C13H19N3O2/c1-9-6-10(13(14)17)7-12(16-9)18-8-11-4-2-3-5-15-11/h6-7,11,15H,2-5,8H2,1H3,(H2,14,17). The maximum Gasteiger partial charge on any atom is 0.248 e. The number of carbonyl (C=O) groups is 1. The summed E-state index contributed by atoms with van der Waals surface area (Å²) in [4.78, 5) is 15.4. The topological polar surface area (TPSA) is 77.2 Å². The Morgan fingerprint density at radius 3 is 3.06 bits per heavy atom. The second kappa shape index (κ2) is 5.82. The van der Waals surface area contributed by atoms with Gasteiger partial charge >= 0.3 is 0 Å². The summed E-state index contributed by atoms with van der Waals surface area (Å²) in [6.45, 7) is 3.44. The molecular weight excluding hydrogens is 230 g/mol. The third-order valence-electron chi connectivity index (χ3n) is 3.06. The van der Waals surface area contributed by atoms with E-state index in [2.05, 4.69) is 10.3 Å². The Labute approximate surface area is 107 Å². The molecule has 0 aliphatic carbocycles. The second-order valence-electron chi connectivity index (χ2n) is 4.66. The van der Waals surface area contributed by atoms with Gasteiger partial charge in [-0.2, -0.15) is 0 Å². The van der Waals surface area contributed by atoms with Crippen LogP contribution < -0.4 is 15.8 Å². The minimum absolute atomic E-state index is 0.373. The third-order valence-corrected chi connectivity index (χ3v) is 3.06. The van der Waals surface area contributed by atoms with Crippen LogP contribution in [-0.2, 0) is 0 Å². The zero-order valence-electron chi connectivity index (χ0n) is 10.6. The van der Waals surface area contributed by atoms with Crippen LogP contribution in [0.15, 0.2) is 12.1 Å². The van der Waals surface area contributed by atoms with Gasteiger partial charge < -0.3 is 15.8 Å². The molecule has 3 N–H and O–H groups in total. The fourth-order valence-electron chi connectivity index (χ4n) is 2.11. The largest absolute Gasteiger partial charge is 0.476 e. The SMILES string of the molecule is Cc1cc(C(N)=O)cc(OCC2CCCCN2)n1. The monoisotopic (exact) mass is 249 g/mol. The molecule has 98 valence electrons. The molecule has 2 heterocycles. The van der Waals surface area contributed by atoms with E-state index >= 15 is 0 Å². The molecule has 0 spiro atoms. The minimum atomic E-state index is -0.457. The summed E-state index contributed by atoms with van der Waals surface area (Å²) in [5.74, 6) is 0.0114. The lowest BCUT2D eigenvalue weighted by Gasteiger charge is -2.23. The first-order chi connectivity index (χ1) is 8.65. The summed E-state index contributed by atoms with van der Waals surface area (Å²) in [6.07, 6.45) is 3.58. The predicted octanol–water partition coefficient (Wildman–Crippen LogP) is 1.01. The molecule has 1 saturated heterocycles. The summed E-state index contributed by atoms with van der Waals surface area (Å²) in [7, 11) is 0. The highest BCUT2D eigenvalue weighted by Gasteiger charge is 2.14. The molecule has 1 unspecified atom stereocenters. The lowest BCUT2D eigenvalue weighted by molar-refractivity contribution is 0.0999. The summed E-state index contributed by atoms with van der Waals surface area (Å²) in [5, 5.41) is 3.40.